The van der Waals surface area contributed by atoms with Gasteiger partial charge in [0.25, 0.3) is 0 Å². The fourth-order valence-corrected chi connectivity index (χ4v) is 4.32. The van der Waals surface area contributed by atoms with Crippen LogP contribution in [0.15, 0.2) is 48.5 Å². The van der Waals surface area contributed by atoms with Gasteiger partial charge in [-0.3, -0.25) is 0 Å². The molecule has 0 saturated heterocycles. The van der Waals surface area contributed by atoms with E-state index in [2.05, 4.69) is 60.4 Å². The maximum absolute atomic E-state index is 12.3. The highest BCUT2D eigenvalue weighted by atomic mass is 16.6. The quantitative estimate of drug-likeness (QED) is 0.376. The van der Waals surface area contributed by atoms with E-state index in [1.807, 2.05) is 7.05 Å². The third-order valence-electron chi connectivity index (χ3n) is 6.14. The monoisotopic (exact) mass is 422 g/mol. The molecule has 1 heterocycles. The molecule has 1 aliphatic rings. The van der Waals surface area contributed by atoms with Gasteiger partial charge in [-0.2, -0.15) is 0 Å². The molecule has 0 N–H and O–H groups in total. The molecule has 4 heteroatoms. The van der Waals surface area contributed by atoms with Crippen molar-refractivity contribution in [3.63, 3.8) is 0 Å². The molecule has 0 bridgehead atoms. The Balaban J connectivity index is 1.48. The summed E-state index contributed by atoms with van der Waals surface area (Å²) in [5, 5.41) is 0. The van der Waals surface area contributed by atoms with Gasteiger partial charge in [-0.05, 0) is 48.9 Å². The number of unbranched alkanes of at least 4 members (excludes halogenated alkanes) is 5. The molecule has 0 radical (unpaired) electrons. The van der Waals surface area contributed by atoms with Crippen LogP contribution in [0.2, 0.25) is 0 Å². The Bertz CT molecular complexity index is 773. The largest absolute Gasteiger partial charge is 0.449 e. The minimum atomic E-state index is -0.203. The van der Waals surface area contributed by atoms with Gasteiger partial charge in [0.05, 0.1) is 6.61 Å². The van der Waals surface area contributed by atoms with E-state index in [1.54, 1.807) is 4.90 Å². The maximum Gasteiger partial charge on any atom is 0.409 e. The Morgan fingerprint density at radius 1 is 0.871 bits per heavy atom. The normalized spacial score (nSPS) is 12.6. The molecule has 0 spiro atoms. The number of fused-ring (bicyclic) bond motifs is 2. The van der Waals surface area contributed by atoms with Gasteiger partial charge >= 0.3 is 6.09 Å². The Labute approximate surface area is 188 Å². The second-order valence-electron chi connectivity index (χ2n) is 8.57. The van der Waals surface area contributed by atoms with Crippen LogP contribution < -0.4 is 4.90 Å². The molecule has 0 saturated carbocycles. The molecule has 2 aromatic carbocycles. The molecule has 3 rings (SSSR count). The minimum absolute atomic E-state index is 0.203. The highest BCUT2D eigenvalue weighted by Crippen LogP contribution is 2.35. The number of benzene rings is 2. The summed E-state index contributed by atoms with van der Waals surface area (Å²) in [4.78, 5) is 16.4. The summed E-state index contributed by atoms with van der Waals surface area (Å²) in [7, 11) is 1.84. The summed E-state index contributed by atoms with van der Waals surface area (Å²) in [6.45, 7) is 4.32. The molecule has 1 amide bonds. The van der Waals surface area contributed by atoms with Crippen molar-refractivity contribution in [1.82, 2.24) is 4.90 Å². The number of nitrogens with zero attached hydrogens (tertiary/aromatic N) is 2. The Morgan fingerprint density at radius 3 is 2.10 bits per heavy atom. The average Bonchev–Trinajstić information content (AvgIpc) is 2.95. The van der Waals surface area contributed by atoms with Crippen LogP contribution >= 0.6 is 0 Å². The summed E-state index contributed by atoms with van der Waals surface area (Å²) in [5.41, 5.74) is 5.37. The number of hydrogen-bond donors (Lipinski definition) is 0. The van der Waals surface area contributed by atoms with Crippen molar-refractivity contribution in [2.24, 2.45) is 0 Å². The Hall–Kier alpha value is -2.49. The van der Waals surface area contributed by atoms with Crippen molar-refractivity contribution in [1.29, 1.82) is 0 Å². The number of hydrogen-bond acceptors (Lipinski definition) is 3. The van der Waals surface area contributed by atoms with E-state index in [0.29, 0.717) is 13.2 Å². The number of ether oxygens (including phenoxy) is 1. The van der Waals surface area contributed by atoms with Crippen LogP contribution in [0.3, 0.4) is 0 Å². The minimum Gasteiger partial charge on any atom is -0.449 e. The lowest BCUT2D eigenvalue weighted by Crippen LogP contribution is -2.31. The van der Waals surface area contributed by atoms with Gasteiger partial charge < -0.3 is 14.5 Å². The summed E-state index contributed by atoms with van der Waals surface area (Å²) < 4.78 is 5.46. The van der Waals surface area contributed by atoms with Gasteiger partial charge in [0.15, 0.2) is 0 Å². The van der Waals surface area contributed by atoms with E-state index in [0.717, 1.165) is 38.6 Å². The molecule has 2 aromatic rings. The summed E-state index contributed by atoms with van der Waals surface area (Å²) in [6, 6.07) is 17.4. The third-order valence-corrected chi connectivity index (χ3v) is 6.14. The van der Waals surface area contributed by atoms with Gasteiger partial charge in [-0.15, -0.1) is 0 Å². The van der Waals surface area contributed by atoms with Gasteiger partial charge in [0, 0.05) is 31.5 Å². The van der Waals surface area contributed by atoms with Crippen LogP contribution in [0.1, 0.15) is 63.0 Å². The zero-order chi connectivity index (χ0) is 21.9. The van der Waals surface area contributed by atoms with E-state index < -0.39 is 0 Å². The van der Waals surface area contributed by atoms with Crippen molar-refractivity contribution in [2.75, 3.05) is 31.6 Å². The van der Waals surface area contributed by atoms with Crippen LogP contribution in [0.4, 0.5) is 16.2 Å². The molecule has 0 atom stereocenters. The van der Waals surface area contributed by atoms with Crippen LogP contribution in [-0.2, 0) is 17.6 Å². The van der Waals surface area contributed by atoms with Gasteiger partial charge in [0.1, 0.15) is 0 Å². The number of carbonyl (C=O) groups excluding carboxylic acids is 1. The first-order valence-corrected chi connectivity index (χ1v) is 12.0. The molecular weight excluding hydrogens is 384 g/mol. The molecule has 4 nitrogen and oxygen atoms in total. The van der Waals surface area contributed by atoms with Crippen LogP contribution in [0.25, 0.3) is 0 Å². The van der Waals surface area contributed by atoms with Gasteiger partial charge in [-0.1, -0.05) is 75.4 Å². The number of rotatable bonds is 11. The molecule has 0 fully saturated rings. The zero-order valence-corrected chi connectivity index (χ0v) is 19.3. The molecule has 0 aromatic heterocycles. The highest BCUT2D eigenvalue weighted by molar-refractivity contribution is 5.71. The zero-order valence-electron chi connectivity index (χ0n) is 19.3. The first-order chi connectivity index (χ1) is 15.2. The molecule has 0 aliphatic carbocycles. The molecule has 0 unspecified atom stereocenters. The van der Waals surface area contributed by atoms with E-state index in [1.165, 1.54) is 48.2 Å². The van der Waals surface area contributed by atoms with Crippen molar-refractivity contribution in [2.45, 2.75) is 64.7 Å². The topological polar surface area (TPSA) is 32.8 Å². The summed E-state index contributed by atoms with van der Waals surface area (Å²) in [5.74, 6) is 0. The first kappa shape index (κ1) is 23.2. The fourth-order valence-electron chi connectivity index (χ4n) is 4.32. The average molecular weight is 423 g/mol. The first-order valence-electron chi connectivity index (χ1n) is 12.0. The smallest absolute Gasteiger partial charge is 0.409 e. The lowest BCUT2D eigenvalue weighted by Gasteiger charge is -2.28. The molecular formula is C27H38N2O2. The Kier molecular flexibility index (Phi) is 9.26. The van der Waals surface area contributed by atoms with Gasteiger partial charge in [0.2, 0.25) is 0 Å². The van der Waals surface area contributed by atoms with Crippen molar-refractivity contribution >= 4 is 17.5 Å². The van der Waals surface area contributed by atoms with Crippen LogP contribution in [-0.4, -0.2) is 37.7 Å². The Morgan fingerprint density at radius 2 is 1.45 bits per heavy atom. The van der Waals surface area contributed by atoms with Crippen LogP contribution in [0.5, 0.6) is 0 Å². The number of para-hydroxylation sites is 2. The van der Waals surface area contributed by atoms with Crippen molar-refractivity contribution in [3.8, 4) is 0 Å². The maximum atomic E-state index is 12.3. The van der Waals surface area contributed by atoms with Crippen molar-refractivity contribution in [3.05, 3.63) is 59.7 Å². The SMILES string of the molecule is CCCCCCCCOC(=O)N(C)CCCN1c2ccccc2CCc2ccccc21. The van der Waals surface area contributed by atoms with E-state index in [4.69, 9.17) is 4.74 Å². The number of anilines is 2. The summed E-state index contributed by atoms with van der Waals surface area (Å²) in [6.07, 6.45) is 10.0. The van der Waals surface area contributed by atoms with E-state index >= 15 is 0 Å². The number of carbonyl (C=O) groups is 1. The van der Waals surface area contributed by atoms with E-state index in [-0.39, 0.29) is 6.09 Å². The van der Waals surface area contributed by atoms with E-state index in [9.17, 15) is 4.79 Å². The second kappa shape index (κ2) is 12.4. The lowest BCUT2D eigenvalue weighted by molar-refractivity contribution is 0.109. The standard InChI is InChI=1S/C27H38N2O2/c1-3-4-5-6-7-12-22-31-27(30)28(2)20-13-21-29-25-16-10-8-14-23(25)18-19-24-15-9-11-17-26(24)29/h8-11,14-17H,3-7,12-13,18-22H2,1-2H3. The summed E-state index contributed by atoms with van der Waals surface area (Å²) >= 11 is 0. The second-order valence-corrected chi connectivity index (χ2v) is 8.57. The van der Waals surface area contributed by atoms with Crippen LogP contribution in [0, 0.1) is 0 Å². The number of amides is 1. The van der Waals surface area contributed by atoms with Crippen molar-refractivity contribution < 1.29 is 9.53 Å². The third kappa shape index (κ3) is 6.75. The fraction of sp³-hybridized carbons (Fsp3) is 0.519. The van der Waals surface area contributed by atoms with Gasteiger partial charge in [-0.25, -0.2) is 4.79 Å². The highest BCUT2D eigenvalue weighted by Gasteiger charge is 2.20. The predicted molar refractivity (Wildman–Crippen MR) is 129 cm³/mol. The molecule has 168 valence electrons. The lowest BCUT2D eigenvalue weighted by atomic mass is 10.0. The predicted octanol–water partition coefficient (Wildman–Crippen LogP) is 6.74. The molecule has 31 heavy (non-hydrogen) atoms. The number of aryl methyl sites for hydroxylation is 2. The molecule has 1 aliphatic heterocycles.